The molecule has 272 valence electrons. The summed E-state index contributed by atoms with van der Waals surface area (Å²) in [5.74, 6) is -1.00. The number of rotatable bonds is 10. The van der Waals surface area contributed by atoms with Crippen molar-refractivity contribution in [3.63, 3.8) is 0 Å². The largest absolute Gasteiger partial charge is 0.370 e. The summed E-state index contributed by atoms with van der Waals surface area (Å²) < 4.78 is 27.5. The highest BCUT2D eigenvalue weighted by Crippen LogP contribution is 2.48. The molecule has 1 aliphatic carbocycles. The summed E-state index contributed by atoms with van der Waals surface area (Å²) in [7, 11) is 0. The van der Waals surface area contributed by atoms with Crippen LogP contribution in [0.15, 0.2) is 59.1 Å². The Morgan fingerprint density at radius 2 is 1.83 bits per heavy atom. The van der Waals surface area contributed by atoms with Crippen LogP contribution in [0.2, 0.25) is 0 Å². The smallest absolute Gasteiger partial charge is 0.255 e. The summed E-state index contributed by atoms with van der Waals surface area (Å²) in [5.41, 5.74) is 7.30. The van der Waals surface area contributed by atoms with Crippen molar-refractivity contribution in [2.75, 3.05) is 36.0 Å². The highest BCUT2D eigenvalue weighted by molar-refractivity contribution is 6.05. The first-order valence-corrected chi connectivity index (χ1v) is 18.1. The lowest BCUT2D eigenvalue weighted by Gasteiger charge is -2.49. The molecule has 4 aromatic rings. The zero-order valence-corrected chi connectivity index (χ0v) is 30.3. The van der Waals surface area contributed by atoms with Gasteiger partial charge in [0.25, 0.3) is 5.91 Å². The molecule has 1 atom stereocenters. The van der Waals surface area contributed by atoms with E-state index in [1.807, 2.05) is 25.7 Å². The summed E-state index contributed by atoms with van der Waals surface area (Å²) in [6, 6.07) is 19.3. The molecule has 4 heterocycles. The lowest BCUT2D eigenvalue weighted by molar-refractivity contribution is -0.136. The SMILES string of the molecule is Cc1ccc(-c2c(C)noc2C)cc1N(CCOC1(C)CN(c2cc3c(cc2F)C(=O)N(C2CCC(=O)NC2=O)C3)C1)c1ccc(C2(C#N)CC2)cc1. The third-order valence-corrected chi connectivity index (χ3v) is 11.3. The van der Waals surface area contributed by atoms with Gasteiger partial charge < -0.3 is 24.0 Å². The Morgan fingerprint density at radius 1 is 1.08 bits per heavy atom. The quantitative estimate of drug-likeness (QED) is 0.192. The van der Waals surface area contributed by atoms with Crippen molar-refractivity contribution < 1.29 is 28.0 Å². The number of fused-ring (bicyclic) bond motifs is 1. The number of aromatic nitrogens is 1. The molecule has 3 amide bonds. The van der Waals surface area contributed by atoms with Gasteiger partial charge in [-0.05, 0) is 99.5 Å². The number of aryl methyl sites for hydroxylation is 3. The molecule has 12 heteroatoms. The average molecular weight is 717 g/mol. The molecular weight excluding hydrogens is 675 g/mol. The van der Waals surface area contributed by atoms with Gasteiger partial charge >= 0.3 is 0 Å². The summed E-state index contributed by atoms with van der Waals surface area (Å²) in [6.07, 6.45) is 2.16. The number of ether oxygens (including phenoxy) is 1. The van der Waals surface area contributed by atoms with Crippen LogP contribution in [0.5, 0.6) is 0 Å². The zero-order valence-electron chi connectivity index (χ0n) is 30.3. The van der Waals surface area contributed by atoms with E-state index in [4.69, 9.17) is 9.26 Å². The average Bonchev–Trinajstić information content (AvgIpc) is 3.78. The van der Waals surface area contributed by atoms with Crippen LogP contribution in [0.4, 0.5) is 21.5 Å². The van der Waals surface area contributed by atoms with E-state index in [1.54, 1.807) is 6.07 Å². The third kappa shape index (κ3) is 6.12. The fraction of sp³-hybridized carbons (Fsp3) is 0.390. The van der Waals surface area contributed by atoms with Gasteiger partial charge in [0, 0.05) is 55.1 Å². The maximum absolute atomic E-state index is 15.5. The first-order chi connectivity index (χ1) is 25.4. The van der Waals surface area contributed by atoms with Crippen LogP contribution in [-0.2, 0) is 26.3 Å². The van der Waals surface area contributed by atoms with Crippen molar-refractivity contribution in [3.05, 3.63) is 94.1 Å². The third-order valence-electron chi connectivity index (χ3n) is 11.3. The molecular formula is C41H41FN6O5. The van der Waals surface area contributed by atoms with Gasteiger partial charge in [-0.2, -0.15) is 5.26 Å². The van der Waals surface area contributed by atoms with E-state index in [1.165, 1.54) is 11.0 Å². The summed E-state index contributed by atoms with van der Waals surface area (Å²) in [5, 5.41) is 16.2. The molecule has 0 spiro atoms. The van der Waals surface area contributed by atoms with E-state index >= 15 is 4.39 Å². The molecule has 1 unspecified atom stereocenters. The first-order valence-electron chi connectivity index (χ1n) is 18.1. The minimum absolute atomic E-state index is 0.157. The Balaban J connectivity index is 0.979. The number of imide groups is 1. The van der Waals surface area contributed by atoms with E-state index in [-0.39, 0.29) is 36.3 Å². The number of nitrogens with one attached hydrogen (secondary N) is 1. The van der Waals surface area contributed by atoms with Crippen molar-refractivity contribution in [2.45, 2.75) is 77.0 Å². The Kier molecular flexibility index (Phi) is 8.37. The maximum atomic E-state index is 15.5. The maximum Gasteiger partial charge on any atom is 0.255 e. The Bertz CT molecular complexity index is 2180. The number of anilines is 3. The van der Waals surface area contributed by atoms with Crippen molar-refractivity contribution in [1.29, 1.82) is 5.26 Å². The summed E-state index contributed by atoms with van der Waals surface area (Å²) in [4.78, 5) is 42.8. The van der Waals surface area contributed by atoms with Gasteiger partial charge in [-0.1, -0.05) is 29.4 Å². The molecule has 2 saturated heterocycles. The van der Waals surface area contributed by atoms with Gasteiger partial charge in [-0.15, -0.1) is 0 Å². The molecule has 11 nitrogen and oxygen atoms in total. The zero-order chi connectivity index (χ0) is 37.2. The Morgan fingerprint density at radius 3 is 2.49 bits per heavy atom. The lowest BCUT2D eigenvalue weighted by Crippen LogP contribution is -2.62. The lowest BCUT2D eigenvalue weighted by atomic mass is 9.94. The fourth-order valence-electron chi connectivity index (χ4n) is 8.11. The van der Waals surface area contributed by atoms with Crippen LogP contribution in [0, 0.1) is 37.9 Å². The molecule has 1 aromatic heterocycles. The minimum Gasteiger partial charge on any atom is -0.370 e. The van der Waals surface area contributed by atoms with E-state index in [0.717, 1.165) is 57.9 Å². The predicted octanol–water partition coefficient (Wildman–Crippen LogP) is 6.16. The second-order valence-electron chi connectivity index (χ2n) is 15.1. The van der Waals surface area contributed by atoms with Crippen molar-refractivity contribution >= 4 is 34.8 Å². The number of carbonyl (C=O) groups excluding carboxylic acids is 3. The number of piperidine rings is 1. The van der Waals surface area contributed by atoms with Crippen LogP contribution < -0.4 is 15.1 Å². The predicted molar refractivity (Wildman–Crippen MR) is 195 cm³/mol. The molecule has 1 N–H and O–H groups in total. The number of hydrogen-bond acceptors (Lipinski definition) is 9. The normalized spacial score (nSPS) is 19.8. The molecule has 0 bridgehead atoms. The molecule has 1 saturated carbocycles. The number of amides is 3. The topological polar surface area (TPSA) is 132 Å². The van der Waals surface area contributed by atoms with Crippen molar-refractivity contribution in [2.24, 2.45) is 0 Å². The van der Waals surface area contributed by atoms with Crippen LogP contribution in [0.1, 0.15) is 71.1 Å². The molecule has 3 aliphatic heterocycles. The molecule has 53 heavy (non-hydrogen) atoms. The Hall–Kier alpha value is -5.54. The van der Waals surface area contributed by atoms with Gasteiger partial charge in [-0.3, -0.25) is 19.7 Å². The minimum atomic E-state index is -0.758. The number of benzene rings is 3. The molecule has 8 rings (SSSR count). The number of carbonyl (C=O) groups is 3. The highest BCUT2D eigenvalue weighted by Gasteiger charge is 2.45. The highest BCUT2D eigenvalue weighted by atomic mass is 19.1. The fourth-order valence-corrected chi connectivity index (χ4v) is 8.11. The monoisotopic (exact) mass is 716 g/mol. The number of nitriles is 1. The molecule has 3 fully saturated rings. The standard InChI is InChI=1S/C41H41FN6O5/c1-24-5-6-27(37-25(2)45-53-26(37)3)17-34(24)47(30-9-7-29(8-10-30)41(21-43)13-14-41)15-16-52-40(4)22-46(23-40)35-18-28-20-48(39(51)31(28)19-32(35)42)33-11-12-36(49)44-38(33)50/h5-10,17-19,33H,11-16,20,22-23H2,1-4H3,(H,44,49,50). The molecule has 0 radical (unpaired) electrons. The van der Waals surface area contributed by atoms with Crippen LogP contribution >= 0.6 is 0 Å². The Labute approximate surface area is 307 Å². The number of nitrogens with zero attached hydrogens (tertiary/aromatic N) is 5. The van der Waals surface area contributed by atoms with Gasteiger partial charge in [-0.25, -0.2) is 4.39 Å². The summed E-state index contributed by atoms with van der Waals surface area (Å²) >= 11 is 0. The van der Waals surface area contributed by atoms with Gasteiger partial charge in [0.2, 0.25) is 11.8 Å². The van der Waals surface area contributed by atoms with E-state index in [9.17, 15) is 19.6 Å². The van der Waals surface area contributed by atoms with E-state index < -0.39 is 29.3 Å². The van der Waals surface area contributed by atoms with Crippen LogP contribution in [-0.4, -0.2) is 65.7 Å². The van der Waals surface area contributed by atoms with E-state index in [2.05, 4.69) is 70.8 Å². The number of hydrogen-bond donors (Lipinski definition) is 1. The van der Waals surface area contributed by atoms with Crippen molar-refractivity contribution in [3.8, 4) is 17.2 Å². The summed E-state index contributed by atoms with van der Waals surface area (Å²) in [6.45, 7) is 9.97. The molecule has 3 aromatic carbocycles. The second kappa shape index (κ2) is 12.8. The van der Waals surface area contributed by atoms with Gasteiger partial charge in [0.15, 0.2) is 0 Å². The van der Waals surface area contributed by atoms with Gasteiger partial charge in [0.1, 0.15) is 23.2 Å². The van der Waals surface area contributed by atoms with E-state index in [0.29, 0.717) is 37.5 Å². The number of halogens is 1. The first kappa shape index (κ1) is 34.5. The van der Waals surface area contributed by atoms with Crippen LogP contribution in [0.25, 0.3) is 11.1 Å². The van der Waals surface area contributed by atoms with Gasteiger partial charge in [0.05, 0.1) is 29.5 Å². The molecule has 4 aliphatic rings. The second-order valence-corrected chi connectivity index (χ2v) is 15.1. The van der Waals surface area contributed by atoms with Crippen LogP contribution in [0.3, 0.4) is 0 Å². The van der Waals surface area contributed by atoms with Crippen molar-refractivity contribution in [1.82, 2.24) is 15.4 Å².